The first-order valence-corrected chi connectivity index (χ1v) is 6.94. The number of urea groups is 1. The van der Waals surface area contributed by atoms with E-state index in [-0.39, 0.29) is 11.6 Å². The second kappa shape index (κ2) is 5.94. The zero-order valence-electron chi connectivity index (χ0n) is 11.8. The van der Waals surface area contributed by atoms with Crippen LogP contribution in [0, 0.1) is 6.92 Å². The number of aromatic carboxylic acids is 1. The fourth-order valence-electron chi connectivity index (χ4n) is 2.20. The van der Waals surface area contributed by atoms with Crippen LogP contribution in [0.5, 0.6) is 0 Å². The summed E-state index contributed by atoms with van der Waals surface area (Å²) < 4.78 is 0. The Balaban J connectivity index is 2.10. The van der Waals surface area contributed by atoms with E-state index in [1.165, 1.54) is 6.07 Å². The predicted molar refractivity (Wildman–Crippen MR) is 77.2 cm³/mol. The van der Waals surface area contributed by atoms with Gasteiger partial charge in [-0.3, -0.25) is 0 Å². The third kappa shape index (κ3) is 3.29. The van der Waals surface area contributed by atoms with Gasteiger partial charge in [-0.05, 0) is 43.9 Å². The van der Waals surface area contributed by atoms with Crippen molar-refractivity contribution in [3.8, 4) is 0 Å². The van der Waals surface area contributed by atoms with Crippen LogP contribution in [-0.2, 0) is 0 Å². The van der Waals surface area contributed by atoms with E-state index in [9.17, 15) is 9.59 Å². The average Bonchev–Trinajstić information content (AvgIpc) is 3.22. The number of carboxylic acids is 1. The number of amides is 2. The summed E-state index contributed by atoms with van der Waals surface area (Å²) in [6.45, 7) is 4.51. The molecule has 1 aliphatic rings. The smallest absolute Gasteiger partial charge is 0.336 e. The van der Waals surface area contributed by atoms with E-state index in [0.717, 1.165) is 25.8 Å². The first-order valence-electron chi connectivity index (χ1n) is 6.94. The van der Waals surface area contributed by atoms with Gasteiger partial charge in [-0.25, -0.2) is 9.59 Å². The van der Waals surface area contributed by atoms with Crippen molar-refractivity contribution in [1.82, 2.24) is 4.90 Å². The Hall–Kier alpha value is -2.04. The van der Waals surface area contributed by atoms with Gasteiger partial charge in [0.05, 0.1) is 5.56 Å². The molecule has 0 radical (unpaired) electrons. The lowest BCUT2D eigenvalue weighted by Crippen LogP contribution is -2.37. The maximum atomic E-state index is 12.2. The highest BCUT2D eigenvalue weighted by atomic mass is 16.4. The number of anilines is 1. The maximum absolute atomic E-state index is 12.2. The molecular formula is C15H20N2O3. The molecule has 0 unspecified atom stereocenters. The summed E-state index contributed by atoms with van der Waals surface area (Å²) in [5, 5.41) is 11.9. The highest BCUT2D eigenvalue weighted by Crippen LogP contribution is 2.27. The summed E-state index contributed by atoms with van der Waals surface area (Å²) in [6, 6.07) is 5.15. The zero-order chi connectivity index (χ0) is 14.7. The van der Waals surface area contributed by atoms with Crippen LogP contribution in [0.3, 0.4) is 0 Å². The van der Waals surface area contributed by atoms with Crippen LogP contribution in [0.4, 0.5) is 10.5 Å². The van der Waals surface area contributed by atoms with Crippen molar-refractivity contribution in [3.05, 3.63) is 29.3 Å². The first-order chi connectivity index (χ1) is 9.52. The lowest BCUT2D eigenvalue weighted by Gasteiger charge is -2.22. The molecule has 5 heteroatoms. The molecule has 1 aromatic carbocycles. The molecule has 2 amide bonds. The number of aryl methyl sites for hydroxylation is 1. The molecule has 5 nitrogen and oxygen atoms in total. The van der Waals surface area contributed by atoms with Crippen molar-refractivity contribution in [2.75, 3.05) is 11.9 Å². The highest BCUT2D eigenvalue weighted by Gasteiger charge is 2.31. The third-order valence-corrected chi connectivity index (χ3v) is 3.43. The molecule has 2 N–H and O–H groups in total. The molecular weight excluding hydrogens is 256 g/mol. The second-order valence-corrected chi connectivity index (χ2v) is 5.19. The summed E-state index contributed by atoms with van der Waals surface area (Å²) >= 11 is 0. The molecule has 0 aliphatic heterocycles. The number of nitrogens with one attached hydrogen (secondary N) is 1. The Labute approximate surface area is 118 Å². The monoisotopic (exact) mass is 276 g/mol. The van der Waals surface area contributed by atoms with E-state index in [0.29, 0.717) is 17.3 Å². The van der Waals surface area contributed by atoms with E-state index in [1.54, 1.807) is 19.1 Å². The van der Waals surface area contributed by atoms with Crippen molar-refractivity contribution < 1.29 is 14.7 Å². The number of hydrogen-bond donors (Lipinski definition) is 2. The summed E-state index contributed by atoms with van der Waals surface area (Å²) in [6.07, 6.45) is 3.03. The van der Waals surface area contributed by atoms with Gasteiger partial charge in [-0.15, -0.1) is 0 Å². The largest absolute Gasteiger partial charge is 0.478 e. The quantitative estimate of drug-likeness (QED) is 0.868. The van der Waals surface area contributed by atoms with Crippen molar-refractivity contribution in [1.29, 1.82) is 0 Å². The van der Waals surface area contributed by atoms with Crippen LogP contribution in [0.25, 0.3) is 0 Å². The normalized spacial score (nSPS) is 13.9. The van der Waals surface area contributed by atoms with Crippen LogP contribution < -0.4 is 5.32 Å². The summed E-state index contributed by atoms with van der Waals surface area (Å²) in [4.78, 5) is 25.1. The number of benzene rings is 1. The average molecular weight is 276 g/mol. The van der Waals surface area contributed by atoms with Crippen LogP contribution in [0.2, 0.25) is 0 Å². The van der Waals surface area contributed by atoms with Crippen LogP contribution in [-0.4, -0.2) is 34.6 Å². The van der Waals surface area contributed by atoms with E-state index < -0.39 is 5.97 Å². The minimum Gasteiger partial charge on any atom is -0.478 e. The molecule has 1 saturated carbocycles. The molecule has 20 heavy (non-hydrogen) atoms. The molecule has 0 bridgehead atoms. The minimum absolute atomic E-state index is 0.144. The topological polar surface area (TPSA) is 69.6 Å². The number of nitrogens with zero attached hydrogens (tertiary/aromatic N) is 1. The molecule has 0 atom stereocenters. The molecule has 0 spiro atoms. The fraction of sp³-hybridized carbons (Fsp3) is 0.467. The fourth-order valence-corrected chi connectivity index (χ4v) is 2.20. The van der Waals surface area contributed by atoms with Crippen molar-refractivity contribution >= 4 is 17.7 Å². The van der Waals surface area contributed by atoms with Gasteiger partial charge >= 0.3 is 12.0 Å². The number of carbonyl (C=O) groups excluding carboxylic acids is 1. The van der Waals surface area contributed by atoms with Gasteiger partial charge in [-0.1, -0.05) is 13.0 Å². The van der Waals surface area contributed by atoms with Gasteiger partial charge in [0.25, 0.3) is 0 Å². The van der Waals surface area contributed by atoms with Crippen LogP contribution >= 0.6 is 0 Å². The Morgan fingerprint density at radius 3 is 2.65 bits per heavy atom. The number of carboxylic acid groups (broad SMARTS) is 1. The van der Waals surface area contributed by atoms with Gasteiger partial charge in [0, 0.05) is 18.3 Å². The van der Waals surface area contributed by atoms with Crippen LogP contribution in [0.15, 0.2) is 18.2 Å². The lowest BCUT2D eigenvalue weighted by atomic mass is 10.1. The first kappa shape index (κ1) is 14.4. The molecule has 108 valence electrons. The number of rotatable bonds is 5. The van der Waals surface area contributed by atoms with Gasteiger partial charge < -0.3 is 15.3 Å². The van der Waals surface area contributed by atoms with Gasteiger partial charge in [0.1, 0.15) is 0 Å². The van der Waals surface area contributed by atoms with E-state index in [4.69, 9.17) is 5.11 Å². The standard InChI is InChI=1S/C15H20N2O3/c1-3-8-17(12-6-7-12)15(20)16-11-5-4-10(2)13(9-11)14(18)19/h4-5,9,12H,3,6-8H2,1-2H3,(H,16,20)(H,18,19). The SMILES string of the molecule is CCCN(C(=O)Nc1ccc(C)c(C(=O)O)c1)C1CC1. The van der Waals surface area contributed by atoms with Crippen LogP contribution in [0.1, 0.15) is 42.1 Å². The summed E-state index contributed by atoms with van der Waals surface area (Å²) in [7, 11) is 0. The predicted octanol–water partition coefficient (Wildman–Crippen LogP) is 3.10. The Bertz CT molecular complexity index is 524. The molecule has 2 rings (SSSR count). The zero-order valence-corrected chi connectivity index (χ0v) is 11.8. The van der Waals surface area contributed by atoms with Crippen molar-refractivity contribution in [2.24, 2.45) is 0 Å². The Morgan fingerprint density at radius 1 is 1.40 bits per heavy atom. The number of hydrogen-bond acceptors (Lipinski definition) is 2. The van der Waals surface area contributed by atoms with E-state index in [2.05, 4.69) is 5.32 Å². The Morgan fingerprint density at radius 2 is 2.10 bits per heavy atom. The molecule has 0 heterocycles. The second-order valence-electron chi connectivity index (χ2n) is 5.19. The summed E-state index contributed by atoms with van der Waals surface area (Å²) in [5.41, 5.74) is 1.43. The number of carbonyl (C=O) groups is 2. The van der Waals surface area contributed by atoms with Gasteiger partial charge in [0.2, 0.25) is 0 Å². The Kier molecular flexibility index (Phi) is 4.27. The minimum atomic E-state index is -0.980. The summed E-state index contributed by atoms with van der Waals surface area (Å²) in [5.74, 6) is -0.980. The van der Waals surface area contributed by atoms with Gasteiger partial charge in [-0.2, -0.15) is 0 Å². The van der Waals surface area contributed by atoms with E-state index >= 15 is 0 Å². The van der Waals surface area contributed by atoms with Crippen molar-refractivity contribution in [3.63, 3.8) is 0 Å². The molecule has 1 fully saturated rings. The molecule has 1 aromatic rings. The molecule has 0 aromatic heterocycles. The third-order valence-electron chi connectivity index (χ3n) is 3.43. The van der Waals surface area contributed by atoms with Gasteiger partial charge in [0.15, 0.2) is 0 Å². The molecule has 0 saturated heterocycles. The van der Waals surface area contributed by atoms with E-state index in [1.807, 2.05) is 11.8 Å². The maximum Gasteiger partial charge on any atom is 0.336 e. The molecule has 1 aliphatic carbocycles. The lowest BCUT2D eigenvalue weighted by molar-refractivity contribution is 0.0696. The van der Waals surface area contributed by atoms with Crippen molar-refractivity contribution in [2.45, 2.75) is 39.2 Å². The highest BCUT2D eigenvalue weighted by molar-refractivity contribution is 5.94.